The second-order valence-corrected chi connectivity index (χ2v) is 3.61. The predicted octanol–water partition coefficient (Wildman–Crippen LogP) is -0.467. The van der Waals surface area contributed by atoms with Crippen LogP contribution < -0.4 is 11.1 Å². The Morgan fingerprint density at radius 1 is 1.79 bits per heavy atom. The van der Waals surface area contributed by atoms with E-state index in [9.17, 15) is 0 Å². The van der Waals surface area contributed by atoms with Crippen molar-refractivity contribution in [2.45, 2.75) is 12.5 Å². The van der Waals surface area contributed by atoms with Gasteiger partial charge < -0.3 is 15.8 Å². The fourth-order valence-electron chi connectivity index (χ4n) is 1.65. The standard InChI is InChI=1S/C9H16N4O/c1-13-9(10)5-7(12-13)4-8-6-14-3-2-11-8/h5,8,11H,2-4,6,10H2,1H3. The summed E-state index contributed by atoms with van der Waals surface area (Å²) < 4.78 is 7.06. The number of anilines is 1. The molecule has 78 valence electrons. The molecule has 1 fully saturated rings. The van der Waals surface area contributed by atoms with Crippen LogP contribution in [0.3, 0.4) is 0 Å². The first-order valence-corrected chi connectivity index (χ1v) is 4.85. The number of nitrogens with zero attached hydrogens (tertiary/aromatic N) is 2. The highest BCUT2D eigenvalue weighted by Crippen LogP contribution is 2.08. The summed E-state index contributed by atoms with van der Waals surface area (Å²) in [5.41, 5.74) is 6.72. The minimum Gasteiger partial charge on any atom is -0.384 e. The number of morpholine rings is 1. The second-order valence-electron chi connectivity index (χ2n) is 3.61. The van der Waals surface area contributed by atoms with Gasteiger partial charge >= 0.3 is 0 Å². The van der Waals surface area contributed by atoms with Crippen molar-refractivity contribution in [3.63, 3.8) is 0 Å². The highest BCUT2D eigenvalue weighted by molar-refractivity contribution is 5.30. The van der Waals surface area contributed by atoms with Crippen molar-refractivity contribution in [1.29, 1.82) is 0 Å². The summed E-state index contributed by atoms with van der Waals surface area (Å²) in [5, 5.41) is 7.68. The van der Waals surface area contributed by atoms with Crippen LogP contribution in [0, 0.1) is 0 Å². The predicted molar refractivity (Wildman–Crippen MR) is 53.9 cm³/mol. The molecule has 0 bridgehead atoms. The van der Waals surface area contributed by atoms with Crippen LogP contribution in [-0.4, -0.2) is 35.6 Å². The van der Waals surface area contributed by atoms with Gasteiger partial charge in [0.1, 0.15) is 5.82 Å². The lowest BCUT2D eigenvalue weighted by Gasteiger charge is -2.22. The molecule has 1 aliphatic rings. The molecule has 1 aromatic rings. The Morgan fingerprint density at radius 3 is 3.21 bits per heavy atom. The van der Waals surface area contributed by atoms with Crippen LogP contribution in [0.5, 0.6) is 0 Å². The maximum Gasteiger partial charge on any atom is 0.121 e. The number of nitrogens with two attached hydrogens (primary N) is 1. The number of aryl methyl sites for hydroxylation is 1. The molecule has 0 radical (unpaired) electrons. The van der Waals surface area contributed by atoms with Crippen LogP contribution >= 0.6 is 0 Å². The van der Waals surface area contributed by atoms with Crippen LogP contribution in [0.1, 0.15) is 5.69 Å². The SMILES string of the molecule is Cn1nc(CC2COCCN2)cc1N. The average Bonchev–Trinajstić information content (AvgIpc) is 2.47. The van der Waals surface area contributed by atoms with Gasteiger partial charge in [0, 0.05) is 32.1 Å². The van der Waals surface area contributed by atoms with Crippen molar-refractivity contribution < 1.29 is 4.74 Å². The first-order valence-electron chi connectivity index (χ1n) is 4.85. The van der Waals surface area contributed by atoms with Crippen molar-refractivity contribution >= 4 is 5.82 Å². The normalized spacial score (nSPS) is 22.5. The highest BCUT2D eigenvalue weighted by Gasteiger charge is 2.15. The lowest BCUT2D eigenvalue weighted by Crippen LogP contribution is -2.42. The number of ether oxygens (including phenoxy) is 1. The van der Waals surface area contributed by atoms with Crippen LogP contribution in [0.4, 0.5) is 5.82 Å². The number of rotatable bonds is 2. The van der Waals surface area contributed by atoms with Gasteiger partial charge in [0.05, 0.1) is 18.9 Å². The molecule has 1 aromatic heterocycles. The minimum absolute atomic E-state index is 0.373. The van der Waals surface area contributed by atoms with Crippen LogP contribution in [0.2, 0.25) is 0 Å². The van der Waals surface area contributed by atoms with E-state index in [1.807, 2.05) is 13.1 Å². The molecule has 0 amide bonds. The van der Waals surface area contributed by atoms with Gasteiger partial charge in [0.25, 0.3) is 0 Å². The van der Waals surface area contributed by atoms with Gasteiger partial charge in [-0.05, 0) is 0 Å². The fraction of sp³-hybridized carbons (Fsp3) is 0.667. The van der Waals surface area contributed by atoms with Gasteiger partial charge in [-0.2, -0.15) is 5.10 Å². The summed E-state index contributed by atoms with van der Waals surface area (Å²) >= 11 is 0. The van der Waals surface area contributed by atoms with Gasteiger partial charge in [0.15, 0.2) is 0 Å². The third-order valence-electron chi connectivity index (χ3n) is 2.42. The van der Waals surface area contributed by atoms with E-state index in [1.165, 1.54) is 0 Å². The fourth-order valence-corrected chi connectivity index (χ4v) is 1.65. The zero-order valence-corrected chi connectivity index (χ0v) is 8.36. The number of hydrogen-bond donors (Lipinski definition) is 2. The molecule has 0 aliphatic carbocycles. The molecule has 14 heavy (non-hydrogen) atoms. The smallest absolute Gasteiger partial charge is 0.121 e. The molecular weight excluding hydrogens is 180 g/mol. The maximum absolute atomic E-state index is 5.69. The van der Waals surface area contributed by atoms with Crippen molar-refractivity contribution in [2.75, 3.05) is 25.5 Å². The Kier molecular flexibility index (Phi) is 2.69. The van der Waals surface area contributed by atoms with Crippen molar-refractivity contribution in [3.05, 3.63) is 11.8 Å². The molecular formula is C9H16N4O. The summed E-state index contributed by atoms with van der Waals surface area (Å²) in [4.78, 5) is 0. The van der Waals surface area contributed by atoms with E-state index in [2.05, 4.69) is 10.4 Å². The quantitative estimate of drug-likeness (QED) is 0.671. The summed E-state index contributed by atoms with van der Waals surface area (Å²) in [6, 6.07) is 2.29. The van der Waals surface area contributed by atoms with Gasteiger partial charge in [-0.15, -0.1) is 0 Å². The van der Waals surface area contributed by atoms with E-state index in [0.717, 1.165) is 31.9 Å². The number of nitrogens with one attached hydrogen (secondary N) is 1. The molecule has 1 saturated heterocycles. The molecule has 1 unspecified atom stereocenters. The number of hydrogen-bond acceptors (Lipinski definition) is 4. The third-order valence-corrected chi connectivity index (χ3v) is 2.42. The molecule has 0 saturated carbocycles. The molecule has 0 aromatic carbocycles. The zero-order valence-electron chi connectivity index (χ0n) is 8.36. The minimum atomic E-state index is 0.373. The largest absolute Gasteiger partial charge is 0.384 e. The topological polar surface area (TPSA) is 65.1 Å². The maximum atomic E-state index is 5.69. The summed E-state index contributed by atoms with van der Waals surface area (Å²) in [5.74, 6) is 0.705. The zero-order chi connectivity index (χ0) is 9.97. The van der Waals surface area contributed by atoms with Crippen molar-refractivity contribution in [3.8, 4) is 0 Å². The first kappa shape index (κ1) is 9.48. The lowest BCUT2D eigenvalue weighted by molar-refractivity contribution is 0.0767. The summed E-state index contributed by atoms with van der Waals surface area (Å²) in [6.45, 7) is 2.49. The van der Waals surface area contributed by atoms with E-state index in [4.69, 9.17) is 10.5 Å². The Hall–Kier alpha value is -1.07. The van der Waals surface area contributed by atoms with E-state index in [-0.39, 0.29) is 0 Å². The molecule has 5 nitrogen and oxygen atoms in total. The van der Waals surface area contributed by atoms with Gasteiger partial charge in [-0.1, -0.05) is 0 Å². The Morgan fingerprint density at radius 2 is 2.64 bits per heavy atom. The molecule has 0 spiro atoms. The summed E-state index contributed by atoms with van der Waals surface area (Å²) in [6.07, 6.45) is 0.880. The third kappa shape index (κ3) is 2.05. The van der Waals surface area contributed by atoms with Gasteiger partial charge in [0.2, 0.25) is 0 Å². The first-order chi connectivity index (χ1) is 6.75. The van der Waals surface area contributed by atoms with Crippen LogP contribution in [0.15, 0.2) is 6.07 Å². The Labute approximate surface area is 83.2 Å². The summed E-state index contributed by atoms with van der Waals surface area (Å²) in [7, 11) is 1.85. The highest BCUT2D eigenvalue weighted by atomic mass is 16.5. The molecule has 5 heteroatoms. The van der Waals surface area contributed by atoms with Crippen LogP contribution in [0.25, 0.3) is 0 Å². The Balaban J connectivity index is 1.95. The van der Waals surface area contributed by atoms with Gasteiger partial charge in [-0.25, -0.2) is 0 Å². The monoisotopic (exact) mass is 196 g/mol. The number of nitrogen functional groups attached to an aromatic ring is 1. The van der Waals surface area contributed by atoms with Crippen molar-refractivity contribution in [1.82, 2.24) is 15.1 Å². The molecule has 2 heterocycles. The number of aromatic nitrogens is 2. The van der Waals surface area contributed by atoms with E-state index in [1.54, 1.807) is 4.68 Å². The Bertz CT molecular complexity index is 284. The lowest BCUT2D eigenvalue weighted by atomic mass is 10.1. The van der Waals surface area contributed by atoms with E-state index in [0.29, 0.717) is 11.9 Å². The van der Waals surface area contributed by atoms with E-state index < -0.39 is 0 Å². The molecule has 2 rings (SSSR count). The van der Waals surface area contributed by atoms with E-state index >= 15 is 0 Å². The molecule has 3 N–H and O–H groups in total. The van der Waals surface area contributed by atoms with Crippen LogP contribution in [-0.2, 0) is 18.2 Å². The van der Waals surface area contributed by atoms with Crippen molar-refractivity contribution in [2.24, 2.45) is 7.05 Å². The molecule has 1 atom stereocenters. The van der Waals surface area contributed by atoms with Gasteiger partial charge in [-0.3, -0.25) is 4.68 Å². The second kappa shape index (κ2) is 3.98. The average molecular weight is 196 g/mol. The molecule has 1 aliphatic heterocycles.